The van der Waals surface area contributed by atoms with Crippen molar-refractivity contribution in [3.05, 3.63) is 53.6 Å². The van der Waals surface area contributed by atoms with Gasteiger partial charge in [0.2, 0.25) is 0 Å². The van der Waals surface area contributed by atoms with Crippen molar-refractivity contribution >= 4 is 5.69 Å². The number of nitrogens with one attached hydrogen (secondary N) is 1. The molecule has 1 fully saturated rings. The van der Waals surface area contributed by atoms with E-state index in [1.165, 1.54) is 22.3 Å². The molecule has 1 atom stereocenters. The largest absolute Gasteiger partial charge is 0.399 e. The summed E-state index contributed by atoms with van der Waals surface area (Å²) in [4.78, 5) is 2.57. The number of nitrogens with zero attached hydrogens (tertiary/aromatic N) is 1. The summed E-state index contributed by atoms with van der Waals surface area (Å²) < 4.78 is 0. The maximum absolute atomic E-state index is 6.03. The molecule has 3 N–H and O–H groups in total. The molecule has 2 aromatic carbocycles. The van der Waals surface area contributed by atoms with Gasteiger partial charge in [-0.05, 0) is 34.4 Å². The highest BCUT2D eigenvalue weighted by Gasteiger charge is 2.33. The molecule has 3 heteroatoms. The molecule has 102 valence electrons. The number of hydrogen-bond acceptors (Lipinski definition) is 3. The van der Waals surface area contributed by atoms with Gasteiger partial charge in [0.05, 0.1) is 6.04 Å². The molecule has 1 aliphatic heterocycles. The first kappa shape index (κ1) is 11.9. The van der Waals surface area contributed by atoms with Gasteiger partial charge in [-0.25, -0.2) is 0 Å². The van der Waals surface area contributed by atoms with Crippen molar-refractivity contribution in [1.82, 2.24) is 10.2 Å². The molecule has 0 amide bonds. The number of nitrogens with two attached hydrogens (primary N) is 1. The summed E-state index contributed by atoms with van der Waals surface area (Å²) in [6, 6.07) is 15.5. The van der Waals surface area contributed by atoms with E-state index in [4.69, 9.17) is 5.73 Å². The number of fused-ring (bicyclic) bond motifs is 3. The van der Waals surface area contributed by atoms with Crippen molar-refractivity contribution in [2.75, 3.05) is 31.9 Å². The lowest BCUT2D eigenvalue weighted by Crippen LogP contribution is -2.45. The minimum Gasteiger partial charge on any atom is -0.399 e. The normalized spacial score (nSPS) is 21.5. The quantitative estimate of drug-likeness (QED) is 0.777. The van der Waals surface area contributed by atoms with Crippen LogP contribution >= 0.6 is 0 Å². The van der Waals surface area contributed by atoms with Crippen LogP contribution in [0.5, 0.6) is 0 Å². The molecule has 1 heterocycles. The highest BCUT2D eigenvalue weighted by Crippen LogP contribution is 2.46. The second-order valence-corrected chi connectivity index (χ2v) is 5.62. The molecule has 0 bridgehead atoms. The zero-order chi connectivity index (χ0) is 13.5. The predicted molar refractivity (Wildman–Crippen MR) is 82.6 cm³/mol. The lowest BCUT2D eigenvalue weighted by molar-refractivity contribution is 0.201. The number of benzene rings is 2. The van der Waals surface area contributed by atoms with Crippen LogP contribution in [0.2, 0.25) is 0 Å². The molecule has 0 spiro atoms. The van der Waals surface area contributed by atoms with Crippen LogP contribution in [-0.4, -0.2) is 31.1 Å². The van der Waals surface area contributed by atoms with Crippen molar-refractivity contribution in [1.29, 1.82) is 0 Å². The van der Waals surface area contributed by atoms with Crippen molar-refractivity contribution in [3.63, 3.8) is 0 Å². The van der Waals surface area contributed by atoms with Gasteiger partial charge in [-0.2, -0.15) is 0 Å². The van der Waals surface area contributed by atoms with Crippen LogP contribution < -0.4 is 11.1 Å². The van der Waals surface area contributed by atoms with Gasteiger partial charge in [0, 0.05) is 31.9 Å². The van der Waals surface area contributed by atoms with Gasteiger partial charge in [-0.15, -0.1) is 0 Å². The molecule has 1 unspecified atom stereocenters. The topological polar surface area (TPSA) is 41.3 Å². The number of nitrogen functional groups attached to an aromatic ring is 1. The van der Waals surface area contributed by atoms with Gasteiger partial charge in [0.1, 0.15) is 0 Å². The van der Waals surface area contributed by atoms with E-state index < -0.39 is 0 Å². The van der Waals surface area contributed by atoms with Gasteiger partial charge in [0.15, 0.2) is 0 Å². The Morgan fingerprint density at radius 2 is 1.70 bits per heavy atom. The van der Waals surface area contributed by atoms with Crippen LogP contribution in [0.25, 0.3) is 11.1 Å². The van der Waals surface area contributed by atoms with Gasteiger partial charge in [-0.3, -0.25) is 4.90 Å². The summed E-state index contributed by atoms with van der Waals surface area (Å²) in [6.07, 6.45) is 0. The fourth-order valence-corrected chi connectivity index (χ4v) is 3.53. The van der Waals surface area contributed by atoms with Gasteiger partial charge < -0.3 is 11.1 Å². The third-order valence-electron chi connectivity index (χ3n) is 4.43. The van der Waals surface area contributed by atoms with Crippen molar-refractivity contribution in [2.24, 2.45) is 0 Å². The molecule has 0 aromatic heterocycles. The maximum atomic E-state index is 6.03. The average molecular weight is 265 g/mol. The Morgan fingerprint density at radius 1 is 0.950 bits per heavy atom. The van der Waals surface area contributed by atoms with Crippen molar-refractivity contribution in [3.8, 4) is 11.1 Å². The van der Waals surface area contributed by atoms with Crippen LogP contribution in [-0.2, 0) is 0 Å². The first-order valence-electron chi connectivity index (χ1n) is 7.28. The van der Waals surface area contributed by atoms with Gasteiger partial charge in [0.25, 0.3) is 0 Å². The Kier molecular flexibility index (Phi) is 2.76. The van der Waals surface area contributed by atoms with Crippen LogP contribution in [0.3, 0.4) is 0 Å². The Bertz CT molecular complexity index is 644. The summed E-state index contributed by atoms with van der Waals surface area (Å²) in [5.74, 6) is 0. The minimum absolute atomic E-state index is 0.367. The second kappa shape index (κ2) is 4.62. The summed E-state index contributed by atoms with van der Waals surface area (Å²) in [6.45, 7) is 4.31. The van der Waals surface area contributed by atoms with E-state index in [0.717, 1.165) is 31.9 Å². The molecule has 1 saturated heterocycles. The van der Waals surface area contributed by atoms with Crippen molar-refractivity contribution in [2.45, 2.75) is 6.04 Å². The van der Waals surface area contributed by atoms with Gasteiger partial charge >= 0.3 is 0 Å². The number of rotatable bonds is 1. The van der Waals surface area contributed by atoms with E-state index in [9.17, 15) is 0 Å². The SMILES string of the molecule is Nc1ccc2c(c1)C(N1CCNCC1)c1ccccc1-2. The van der Waals surface area contributed by atoms with Crippen molar-refractivity contribution < 1.29 is 0 Å². The molecule has 2 aliphatic rings. The monoisotopic (exact) mass is 265 g/mol. The fraction of sp³-hybridized carbons (Fsp3) is 0.294. The van der Waals surface area contributed by atoms with E-state index >= 15 is 0 Å². The molecule has 0 saturated carbocycles. The maximum Gasteiger partial charge on any atom is 0.0615 e. The smallest absolute Gasteiger partial charge is 0.0615 e. The minimum atomic E-state index is 0.367. The Hall–Kier alpha value is -1.84. The predicted octanol–water partition coefficient (Wildman–Crippen LogP) is 2.24. The van der Waals surface area contributed by atoms with Crippen LogP contribution in [0.15, 0.2) is 42.5 Å². The fourth-order valence-electron chi connectivity index (χ4n) is 3.53. The van der Waals surface area contributed by atoms with E-state index in [0.29, 0.717) is 6.04 Å². The summed E-state index contributed by atoms with van der Waals surface area (Å²) in [5.41, 5.74) is 12.4. The third kappa shape index (κ3) is 1.74. The molecular weight excluding hydrogens is 246 g/mol. The van der Waals surface area contributed by atoms with Crippen LogP contribution in [0, 0.1) is 0 Å². The Balaban J connectivity index is 1.87. The van der Waals surface area contributed by atoms with Crippen LogP contribution in [0.4, 0.5) is 5.69 Å². The summed E-state index contributed by atoms with van der Waals surface area (Å²) in [5, 5.41) is 3.43. The number of piperazine rings is 1. The van der Waals surface area contributed by atoms with E-state index in [2.05, 4.69) is 46.6 Å². The lowest BCUT2D eigenvalue weighted by atomic mass is 10.0. The first-order valence-corrected chi connectivity index (χ1v) is 7.28. The van der Waals surface area contributed by atoms with E-state index in [1.54, 1.807) is 0 Å². The standard InChI is InChI=1S/C17H19N3/c18-12-5-6-14-13-3-1-2-4-15(13)17(16(14)11-12)20-9-7-19-8-10-20/h1-6,11,17,19H,7-10,18H2. The highest BCUT2D eigenvalue weighted by molar-refractivity contribution is 5.80. The van der Waals surface area contributed by atoms with E-state index in [-0.39, 0.29) is 0 Å². The average Bonchev–Trinajstić information content (AvgIpc) is 2.81. The molecule has 3 nitrogen and oxygen atoms in total. The zero-order valence-corrected chi connectivity index (χ0v) is 11.5. The Labute approximate surface area is 119 Å². The highest BCUT2D eigenvalue weighted by atomic mass is 15.2. The molecule has 20 heavy (non-hydrogen) atoms. The number of hydrogen-bond donors (Lipinski definition) is 2. The molecule has 0 radical (unpaired) electrons. The van der Waals surface area contributed by atoms with E-state index in [1.807, 2.05) is 6.07 Å². The summed E-state index contributed by atoms with van der Waals surface area (Å²) >= 11 is 0. The first-order chi connectivity index (χ1) is 9.84. The zero-order valence-electron chi connectivity index (χ0n) is 11.5. The molecule has 1 aliphatic carbocycles. The Morgan fingerprint density at radius 3 is 2.55 bits per heavy atom. The molecule has 4 rings (SSSR count). The lowest BCUT2D eigenvalue weighted by Gasteiger charge is -2.34. The third-order valence-corrected chi connectivity index (χ3v) is 4.43. The summed E-state index contributed by atoms with van der Waals surface area (Å²) in [7, 11) is 0. The molecular formula is C17H19N3. The van der Waals surface area contributed by atoms with Gasteiger partial charge in [-0.1, -0.05) is 30.3 Å². The second-order valence-electron chi connectivity index (χ2n) is 5.62. The molecule has 2 aromatic rings. The number of anilines is 1. The van der Waals surface area contributed by atoms with Crippen LogP contribution in [0.1, 0.15) is 17.2 Å².